The first-order valence-electron chi connectivity index (χ1n) is 14.9. The van der Waals surface area contributed by atoms with Gasteiger partial charge in [0.05, 0.1) is 28.9 Å². The topological polar surface area (TPSA) is 60.4 Å². The van der Waals surface area contributed by atoms with E-state index >= 15 is 0 Å². The maximum absolute atomic E-state index is 13.8. The number of likely N-dealkylation sites (N-methyl/N-ethyl adjacent to an activating group) is 1. The lowest BCUT2D eigenvalue weighted by atomic mass is 10.0. The first kappa shape index (κ1) is 32.6. The molecule has 13 heteroatoms. The summed E-state index contributed by atoms with van der Waals surface area (Å²) >= 11 is 0. The van der Waals surface area contributed by atoms with Crippen molar-refractivity contribution in [3.05, 3.63) is 77.7 Å². The monoisotopic (exact) mass is 631 g/mol. The van der Waals surface area contributed by atoms with Crippen LogP contribution in [0.2, 0.25) is 0 Å². The fourth-order valence-electron chi connectivity index (χ4n) is 5.43. The molecule has 1 aliphatic heterocycles. The predicted octanol–water partition coefficient (Wildman–Crippen LogP) is 6.93. The summed E-state index contributed by atoms with van der Waals surface area (Å²) in [4.78, 5) is 20.5. The zero-order valence-electron chi connectivity index (χ0n) is 25.1. The molecule has 5 rings (SSSR count). The van der Waals surface area contributed by atoms with Crippen LogP contribution in [-0.4, -0.2) is 82.0 Å². The Bertz CT molecular complexity index is 1580. The molecule has 1 aliphatic rings. The molecule has 1 saturated heterocycles. The Morgan fingerprint density at radius 2 is 1.51 bits per heavy atom. The molecule has 1 fully saturated rings. The Kier molecular flexibility index (Phi) is 9.90. The number of hydrogen-bond donors (Lipinski definition) is 1. The van der Waals surface area contributed by atoms with Gasteiger partial charge in [-0.25, -0.2) is 9.97 Å². The highest BCUT2D eigenvalue weighted by molar-refractivity contribution is 5.93. The number of rotatable bonds is 10. The standard InChI is InChI=1S/C32H35F6N7/c1-3-43(4-2)14-15-44-16-18-45(19-17-44)21-28-41-27-20-22(29-26(32(36,37)38)6-5-13-39-29)7-12-25(27)30(42-28)40-24-10-8-23(9-11-24)31(33,34)35/h5-13,20H,3-4,14-19,21H2,1-2H3,(H,40,41,42). The number of aromatic nitrogens is 3. The van der Waals surface area contributed by atoms with Crippen LogP contribution in [0.15, 0.2) is 60.8 Å². The third-order valence-corrected chi connectivity index (χ3v) is 8.06. The van der Waals surface area contributed by atoms with Crippen LogP contribution >= 0.6 is 0 Å². The van der Waals surface area contributed by atoms with E-state index in [4.69, 9.17) is 9.97 Å². The summed E-state index contributed by atoms with van der Waals surface area (Å²) in [6, 6.07) is 11.5. The minimum Gasteiger partial charge on any atom is -0.340 e. The van der Waals surface area contributed by atoms with Gasteiger partial charge in [0.2, 0.25) is 0 Å². The zero-order chi connectivity index (χ0) is 32.2. The van der Waals surface area contributed by atoms with Gasteiger partial charge in [-0.1, -0.05) is 19.9 Å². The van der Waals surface area contributed by atoms with Crippen LogP contribution < -0.4 is 5.32 Å². The molecule has 0 spiro atoms. The lowest BCUT2D eigenvalue weighted by Gasteiger charge is -2.35. The second-order valence-electron chi connectivity index (χ2n) is 11.0. The van der Waals surface area contributed by atoms with Crippen molar-refractivity contribution in [3.63, 3.8) is 0 Å². The molecule has 0 aliphatic carbocycles. The minimum absolute atomic E-state index is 0.217. The van der Waals surface area contributed by atoms with E-state index in [-0.39, 0.29) is 11.3 Å². The molecule has 240 valence electrons. The Morgan fingerprint density at radius 3 is 2.16 bits per heavy atom. The smallest absolute Gasteiger partial charge is 0.340 e. The molecule has 7 nitrogen and oxygen atoms in total. The van der Waals surface area contributed by atoms with Gasteiger partial charge < -0.3 is 10.2 Å². The molecule has 2 aromatic heterocycles. The van der Waals surface area contributed by atoms with Gasteiger partial charge in [-0.3, -0.25) is 14.8 Å². The Balaban J connectivity index is 1.43. The summed E-state index contributed by atoms with van der Waals surface area (Å²) in [7, 11) is 0. The average Bonchev–Trinajstić information content (AvgIpc) is 3.01. The van der Waals surface area contributed by atoms with Gasteiger partial charge in [-0.15, -0.1) is 0 Å². The second kappa shape index (κ2) is 13.7. The summed E-state index contributed by atoms with van der Waals surface area (Å²) in [5.41, 5.74) is -0.849. The van der Waals surface area contributed by atoms with Gasteiger partial charge in [-0.2, -0.15) is 26.3 Å². The number of halogens is 6. The van der Waals surface area contributed by atoms with Gasteiger partial charge in [0.25, 0.3) is 0 Å². The zero-order valence-corrected chi connectivity index (χ0v) is 25.1. The van der Waals surface area contributed by atoms with E-state index in [1.165, 1.54) is 30.5 Å². The quantitative estimate of drug-likeness (QED) is 0.191. The molecular formula is C32H35F6N7. The lowest BCUT2D eigenvalue weighted by molar-refractivity contribution is -0.138. The van der Waals surface area contributed by atoms with Crippen LogP contribution in [0.3, 0.4) is 0 Å². The summed E-state index contributed by atoms with van der Waals surface area (Å²) < 4.78 is 80.7. The van der Waals surface area contributed by atoms with E-state index < -0.39 is 23.5 Å². The van der Waals surface area contributed by atoms with Crippen LogP contribution in [0.4, 0.5) is 37.8 Å². The number of anilines is 2. The Labute approximate surface area is 257 Å². The summed E-state index contributed by atoms with van der Waals surface area (Å²) in [5.74, 6) is 0.791. The van der Waals surface area contributed by atoms with E-state index in [9.17, 15) is 26.3 Å². The van der Waals surface area contributed by atoms with Crippen LogP contribution in [0.1, 0.15) is 30.8 Å². The van der Waals surface area contributed by atoms with Crippen molar-refractivity contribution in [1.82, 2.24) is 29.7 Å². The molecule has 3 heterocycles. The van der Waals surface area contributed by atoms with Gasteiger partial charge >= 0.3 is 12.4 Å². The minimum atomic E-state index is -4.60. The maximum atomic E-state index is 13.8. The van der Waals surface area contributed by atoms with Crippen molar-refractivity contribution in [2.24, 2.45) is 0 Å². The van der Waals surface area contributed by atoms with Crippen LogP contribution in [-0.2, 0) is 18.9 Å². The highest BCUT2D eigenvalue weighted by Gasteiger charge is 2.34. The van der Waals surface area contributed by atoms with E-state index in [1.807, 2.05) is 0 Å². The van der Waals surface area contributed by atoms with Crippen molar-refractivity contribution >= 4 is 22.4 Å². The second-order valence-corrected chi connectivity index (χ2v) is 11.0. The van der Waals surface area contributed by atoms with Crippen molar-refractivity contribution < 1.29 is 26.3 Å². The van der Waals surface area contributed by atoms with Crippen LogP contribution in [0, 0.1) is 0 Å². The van der Waals surface area contributed by atoms with E-state index in [1.54, 1.807) is 12.1 Å². The number of nitrogens with zero attached hydrogens (tertiary/aromatic N) is 6. The number of pyridine rings is 1. The van der Waals surface area contributed by atoms with Crippen molar-refractivity contribution in [3.8, 4) is 11.3 Å². The van der Waals surface area contributed by atoms with Gasteiger partial charge in [0.1, 0.15) is 11.6 Å². The van der Waals surface area contributed by atoms with Crippen molar-refractivity contribution in [2.75, 3.05) is 57.7 Å². The lowest BCUT2D eigenvalue weighted by Crippen LogP contribution is -2.48. The van der Waals surface area contributed by atoms with Gasteiger partial charge in [0, 0.05) is 62.1 Å². The van der Waals surface area contributed by atoms with Gasteiger partial charge in [0.15, 0.2) is 0 Å². The number of benzene rings is 2. The number of piperazine rings is 1. The normalized spacial score (nSPS) is 15.2. The fourth-order valence-corrected chi connectivity index (χ4v) is 5.43. The summed E-state index contributed by atoms with van der Waals surface area (Å²) in [5, 5.41) is 3.61. The van der Waals surface area contributed by atoms with E-state index in [0.29, 0.717) is 34.8 Å². The van der Waals surface area contributed by atoms with Crippen LogP contribution in [0.5, 0.6) is 0 Å². The van der Waals surface area contributed by atoms with E-state index in [2.05, 4.69) is 38.8 Å². The first-order chi connectivity index (χ1) is 21.4. The number of alkyl halides is 6. The van der Waals surface area contributed by atoms with Crippen molar-refractivity contribution in [1.29, 1.82) is 0 Å². The third-order valence-electron chi connectivity index (χ3n) is 8.06. The fraction of sp³-hybridized carbons (Fsp3) is 0.406. The van der Waals surface area contributed by atoms with Crippen LogP contribution in [0.25, 0.3) is 22.2 Å². The maximum Gasteiger partial charge on any atom is 0.418 e. The Morgan fingerprint density at radius 1 is 0.822 bits per heavy atom. The van der Waals surface area contributed by atoms with E-state index in [0.717, 1.165) is 70.6 Å². The molecule has 1 N–H and O–H groups in total. The first-order valence-corrected chi connectivity index (χ1v) is 14.9. The third kappa shape index (κ3) is 8.08. The Hall–Kier alpha value is -3.81. The molecule has 0 unspecified atom stereocenters. The predicted molar refractivity (Wildman–Crippen MR) is 162 cm³/mol. The number of nitrogens with one attached hydrogen (secondary N) is 1. The highest BCUT2D eigenvalue weighted by atomic mass is 19.4. The SMILES string of the molecule is CCN(CC)CCN1CCN(Cc2nc(Nc3ccc(C(F)(F)F)cc3)c3ccc(-c4ncccc4C(F)(F)F)cc3n2)CC1. The van der Waals surface area contributed by atoms with Gasteiger partial charge in [-0.05, 0) is 61.6 Å². The highest BCUT2D eigenvalue weighted by Crippen LogP contribution is 2.37. The molecule has 0 amide bonds. The van der Waals surface area contributed by atoms with Crippen molar-refractivity contribution in [2.45, 2.75) is 32.7 Å². The largest absolute Gasteiger partial charge is 0.418 e. The average molecular weight is 632 g/mol. The number of fused-ring (bicyclic) bond motifs is 1. The summed E-state index contributed by atoms with van der Waals surface area (Å²) in [6.07, 6.45) is -7.77. The number of hydrogen-bond acceptors (Lipinski definition) is 7. The molecule has 0 saturated carbocycles. The molecular weight excluding hydrogens is 596 g/mol. The molecule has 0 bridgehead atoms. The molecule has 4 aromatic rings. The molecule has 45 heavy (non-hydrogen) atoms. The summed E-state index contributed by atoms with van der Waals surface area (Å²) in [6.45, 7) is 12.1. The molecule has 0 atom stereocenters. The molecule has 0 radical (unpaired) electrons. The molecule has 2 aromatic carbocycles.